The first-order valence-electron chi connectivity index (χ1n) is 4.97. The molecule has 0 amide bonds. The van der Waals surface area contributed by atoms with Crippen LogP contribution in [-0.2, 0) is 6.42 Å². The third kappa shape index (κ3) is 1.95. The van der Waals surface area contributed by atoms with E-state index < -0.39 is 0 Å². The van der Waals surface area contributed by atoms with Gasteiger partial charge in [-0.25, -0.2) is 0 Å². The fourth-order valence-electron chi connectivity index (χ4n) is 1.57. The van der Waals surface area contributed by atoms with E-state index in [4.69, 9.17) is 9.26 Å². The number of nitrogens with zero attached hydrogens (tertiary/aromatic N) is 1. The summed E-state index contributed by atoms with van der Waals surface area (Å²) >= 11 is 4.20. The van der Waals surface area contributed by atoms with Crippen molar-refractivity contribution in [3.63, 3.8) is 0 Å². The lowest BCUT2D eigenvalue weighted by atomic mass is 10.1. The number of ether oxygens (including phenoxy) is 1. The van der Waals surface area contributed by atoms with Crippen molar-refractivity contribution in [1.29, 1.82) is 0 Å². The van der Waals surface area contributed by atoms with Gasteiger partial charge in [-0.1, -0.05) is 11.2 Å². The predicted molar refractivity (Wildman–Crippen MR) is 62.7 cm³/mol. The van der Waals surface area contributed by atoms with Crippen LogP contribution in [-0.4, -0.2) is 17.5 Å². The minimum absolute atomic E-state index is 0.643. The Kier molecular flexibility index (Phi) is 3.16. The average molecular weight is 223 g/mol. The third-order valence-electron chi connectivity index (χ3n) is 2.18. The molecule has 15 heavy (non-hydrogen) atoms. The van der Waals surface area contributed by atoms with Crippen molar-refractivity contribution < 1.29 is 9.26 Å². The summed E-state index contributed by atoms with van der Waals surface area (Å²) in [6.45, 7) is 2.61. The van der Waals surface area contributed by atoms with E-state index in [1.807, 2.05) is 25.1 Å². The Bertz CT molecular complexity index is 453. The summed E-state index contributed by atoms with van der Waals surface area (Å²) in [5.41, 5.74) is 1.70. The van der Waals surface area contributed by atoms with Gasteiger partial charge >= 0.3 is 0 Å². The van der Waals surface area contributed by atoms with E-state index in [0.29, 0.717) is 6.61 Å². The lowest BCUT2D eigenvalue weighted by molar-refractivity contribution is 0.344. The fourth-order valence-corrected chi connectivity index (χ4v) is 1.79. The molecule has 0 saturated carbocycles. The molecule has 0 bridgehead atoms. The topological polar surface area (TPSA) is 35.3 Å². The average Bonchev–Trinajstić information content (AvgIpc) is 2.64. The SMILES string of the molecule is CCOc1cccc2onc(CCS)c12. The lowest BCUT2D eigenvalue weighted by Crippen LogP contribution is -1.94. The van der Waals surface area contributed by atoms with Gasteiger partial charge in [-0.3, -0.25) is 0 Å². The molecule has 1 aromatic heterocycles. The van der Waals surface area contributed by atoms with E-state index in [-0.39, 0.29) is 0 Å². The molecule has 0 atom stereocenters. The van der Waals surface area contributed by atoms with Crippen molar-refractivity contribution >= 4 is 23.6 Å². The maximum absolute atomic E-state index is 5.54. The van der Waals surface area contributed by atoms with Gasteiger partial charge in [-0.05, 0) is 24.8 Å². The Morgan fingerprint density at radius 3 is 3.07 bits per heavy atom. The minimum atomic E-state index is 0.643. The van der Waals surface area contributed by atoms with Crippen LogP contribution in [0.1, 0.15) is 12.6 Å². The van der Waals surface area contributed by atoms with Gasteiger partial charge in [-0.15, -0.1) is 0 Å². The van der Waals surface area contributed by atoms with Gasteiger partial charge in [0.1, 0.15) is 5.75 Å². The summed E-state index contributed by atoms with van der Waals surface area (Å²) in [6.07, 6.45) is 0.792. The van der Waals surface area contributed by atoms with E-state index in [1.54, 1.807) is 0 Å². The van der Waals surface area contributed by atoms with E-state index in [0.717, 1.165) is 34.6 Å². The van der Waals surface area contributed by atoms with Crippen LogP contribution in [0.15, 0.2) is 22.7 Å². The van der Waals surface area contributed by atoms with E-state index in [2.05, 4.69) is 17.8 Å². The number of thiol groups is 1. The quantitative estimate of drug-likeness (QED) is 0.809. The third-order valence-corrected chi connectivity index (χ3v) is 2.40. The van der Waals surface area contributed by atoms with Crippen molar-refractivity contribution in [1.82, 2.24) is 5.16 Å². The molecule has 2 rings (SSSR count). The molecule has 1 aromatic carbocycles. The zero-order valence-electron chi connectivity index (χ0n) is 8.56. The number of hydrogen-bond acceptors (Lipinski definition) is 4. The van der Waals surface area contributed by atoms with Gasteiger partial charge in [0.15, 0.2) is 5.58 Å². The molecule has 0 radical (unpaired) electrons. The first kappa shape index (κ1) is 10.4. The second-order valence-corrected chi connectivity index (χ2v) is 3.61. The molecule has 0 spiro atoms. The largest absolute Gasteiger partial charge is 0.493 e. The zero-order valence-corrected chi connectivity index (χ0v) is 9.46. The van der Waals surface area contributed by atoms with Gasteiger partial charge in [0.2, 0.25) is 0 Å². The van der Waals surface area contributed by atoms with Crippen LogP contribution in [0.2, 0.25) is 0 Å². The normalized spacial score (nSPS) is 10.8. The molecule has 2 aromatic rings. The van der Waals surface area contributed by atoms with Crippen molar-refractivity contribution in [2.75, 3.05) is 12.4 Å². The Hall–Kier alpha value is -1.16. The molecular weight excluding hydrogens is 210 g/mol. The Morgan fingerprint density at radius 2 is 2.33 bits per heavy atom. The highest BCUT2D eigenvalue weighted by Gasteiger charge is 2.12. The predicted octanol–water partition coefficient (Wildman–Crippen LogP) is 2.70. The van der Waals surface area contributed by atoms with Gasteiger partial charge in [0.05, 0.1) is 17.7 Å². The van der Waals surface area contributed by atoms with Gasteiger partial charge in [0.25, 0.3) is 0 Å². The van der Waals surface area contributed by atoms with E-state index in [9.17, 15) is 0 Å². The molecule has 3 nitrogen and oxygen atoms in total. The Labute approximate surface area is 93.8 Å². The molecule has 0 aliphatic rings. The molecule has 1 heterocycles. The Morgan fingerprint density at radius 1 is 1.47 bits per heavy atom. The summed E-state index contributed by atoms with van der Waals surface area (Å²) in [5.74, 6) is 1.59. The maximum atomic E-state index is 5.54. The number of aromatic nitrogens is 1. The minimum Gasteiger partial charge on any atom is -0.493 e. The van der Waals surface area contributed by atoms with Gasteiger partial charge in [-0.2, -0.15) is 12.6 Å². The number of rotatable bonds is 4. The first-order chi connectivity index (χ1) is 7.36. The standard InChI is InChI=1S/C11H13NO2S/c1-2-13-9-4-3-5-10-11(9)8(6-7-15)12-14-10/h3-5,15H,2,6-7H2,1H3. The second-order valence-electron chi connectivity index (χ2n) is 3.17. The smallest absolute Gasteiger partial charge is 0.170 e. The van der Waals surface area contributed by atoms with Gasteiger partial charge in [0, 0.05) is 6.42 Å². The van der Waals surface area contributed by atoms with Crippen LogP contribution in [0, 0.1) is 0 Å². The van der Waals surface area contributed by atoms with Crippen LogP contribution in [0.3, 0.4) is 0 Å². The highest BCUT2D eigenvalue weighted by molar-refractivity contribution is 7.80. The van der Waals surface area contributed by atoms with Crippen LogP contribution in [0.5, 0.6) is 5.75 Å². The van der Waals surface area contributed by atoms with Crippen LogP contribution in [0.25, 0.3) is 11.0 Å². The van der Waals surface area contributed by atoms with E-state index in [1.165, 1.54) is 0 Å². The highest BCUT2D eigenvalue weighted by atomic mass is 32.1. The number of benzene rings is 1. The summed E-state index contributed by atoms with van der Waals surface area (Å²) in [4.78, 5) is 0. The molecular formula is C11H13NO2S. The maximum Gasteiger partial charge on any atom is 0.170 e. The molecule has 0 N–H and O–H groups in total. The highest BCUT2D eigenvalue weighted by Crippen LogP contribution is 2.29. The monoisotopic (exact) mass is 223 g/mol. The van der Waals surface area contributed by atoms with Crippen LogP contribution in [0.4, 0.5) is 0 Å². The van der Waals surface area contributed by atoms with Crippen LogP contribution >= 0.6 is 12.6 Å². The molecule has 0 unspecified atom stereocenters. The molecule has 80 valence electrons. The fraction of sp³-hybridized carbons (Fsp3) is 0.364. The van der Waals surface area contributed by atoms with Crippen molar-refractivity contribution in [2.45, 2.75) is 13.3 Å². The summed E-state index contributed by atoms with van der Waals surface area (Å²) < 4.78 is 10.8. The van der Waals surface area contributed by atoms with E-state index >= 15 is 0 Å². The molecule has 0 aliphatic heterocycles. The van der Waals surface area contributed by atoms with Crippen LogP contribution < -0.4 is 4.74 Å². The summed E-state index contributed by atoms with van der Waals surface area (Å²) in [7, 11) is 0. The molecule has 0 aliphatic carbocycles. The van der Waals surface area contributed by atoms with Crippen molar-refractivity contribution in [2.24, 2.45) is 0 Å². The number of fused-ring (bicyclic) bond motifs is 1. The zero-order chi connectivity index (χ0) is 10.7. The first-order valence-corrected chi connectivity index (χ1v) is 5.61. The van der Waals surface area contributed by atoms with Crippen molar-refractivity contribution in [3.8, 4) is 5.75 Å². The number of hydrogen-bond donors (Lipinski definition) is 1. The lowest BCUT2D eigenvalue weighted by Gasteiger charge is -2.03. The van der Waals surface area contributed by atoms with Gasteiger partial charge < -0.3 is 9.26 Å². The molecule has 0 fully saturated rings. The second kappa shape index (κ2) is 4.57. The number of aryl methyl sites for hydroxylation is 1. The summed E-state index contributed by atoms with van der Waals surface area (Å²) in [6, 6.07) is 5.74. The molecule has 0 saturated heterocycles. The summed E-state index contributed by atoms with van der Waals surface area (Å²) in [5, 5.41) is 5.00. The molecule has 4 heteroatoms. The van der Waals surface area contributed by atoms with Crippen molar-refractivity contribution in [3.05, 3.63) is 23.9 Å². The Balaban J connectivity index is 2.53.